The lowest BCUT2D eigenvalue weighted by molar-refractivity contribution is 0.0666. The topological polar surface area (TPSA) is 104 Å². The van der Waals surface area contributed by atoms with Crippen LogP contribution in [0.15, 0.2) is 12.1 Å². The van der Waals surface area contributed by atoms with Crippen molar-refractivity contribution in [3.8, 4) is 0 Å². The predicted molar refractivity (Wildman–Crippen MR) is 95.3 cm³/mol. The molecule has 1 aliphatic heterocycles. The Kier molecular flexibility index (Phi) is 5.72. The van der Waals surface area contributed by atoms with Crippen LogP contribution in [0.25, 0.3) is 0 Å². The summed E-state index contributed by atoms with van der Waals surface area (Å²) in [4.78, 5) is 26.2. The van der Waals surface area contributed by atoms with Crippen molar-refractivity contribution in [2.45, 2.75) is 52.1 Å². The van der Waals surface area contributed by atoms with E-state index < -0.39 is 16.0 Å². The molecule has 0 aromatic heterocycles. The molecular formula is C17H24N2O5S. The summed E-state index contributed by atoms with van der Waals surface area (Å²) < 4.78 is 25.2. The number of benzene rings is 1. The standard InChI is InChI=1S/C17H24N2O5S/c1-4-6-12(7-5-2)19-10-15-13(16(19)20)8-11(18-25(3,23)24)9-14(15)17(21)22/h8-9,12,18H,4-7,10H2,1-3H3,(H,21,22). The molecule has 0 unspecified atom stereocenters. The summed E-state index contributed by atoms with van der Waals surface area (Å²) in [5.74, 6) is -1.41. The fraction of sp³-hybridized carbons (Fsp3) is 0.529. The van der Waals surface area contributed by atoms with Crippen molar-refractivity contribution in [2.75, 3.05) is 11.0 Å². The van der Waals surface area contributed by atoms with E-state index in [1.54, 1.807) is 4.90 Å². The highest BCUT2D eigenvalue weighted by Crippen LogP contribution is 2.33. The van der Waals surface area contributed by atoms with Crippen LogP contribution in [0, 0.1) is 0 Å². The molecule has 0 radical (unpaired) electrons. The Morgan fingerprint density at radius 3 is 2.36 bits per heavy atom. The van der Waals surface area contributed by atoms with Crippen LogP contribution in [0.5, 0.6) is 0 Å². The average molecular weight is 368 g/mol. The van der Waals surface area contributed by atoms with Crippen LogP contribution in [-0.2, 0) is 16.6 Å². The fourth-order valence-corrected chi connectivity index (χ4v) is 3.86. The molecule has 0 spiro atoms. The molecule has 1 aromatic rings. The number of sulfonamides is 1. The summed E-state index contributed by atoms with van der Waals surface area (Å²) in [5, 5.41) is 9.48. The zero-order chi connectivity index (χ0) is 18.8. The molecule has 8 heteroatoms. The van der Waals surface area contributed by atoms with Crippen LogP contribution >= 0.6 is 0 Å². The molecule has 7 nitrogen and oxygen atoms in total. The van der Waals surface area contributed by atoms with Gasteiger partial charge < -0.3 is 10.0 Å². The first-order valence-corrected chi connectivity index (χ1v) is 10.3. The van der Waals surface area contributed by atoms with E-state index in [2.05, 4.69) is 4.72 Å². The zero-order valence-electron chi connectivity index (χ0n) is 14.7. The Labute approximate surface area is 148 Å². The van der Waals surface area contributed by atoms with Crippen LogP contribution in [0.1, 0.15) is 65.8 Å². The highest BCUT2D eigenvalue weighted by atomic mass is 32.2. The molecule has 0 aliphatic carbocycles. The van der Waals surface area contributed by atoms with E-state index in [-0.39, 0.29) is 35.3 Å². The van der Waals surface area contributed by atoms with Crippen molar-refractivity contribution >= 4 is 27.6 Å². The van der Waals surface area contributed by atoms with E-state index >= 15 is 0 Å². The number of fused-ring (bicyclic) bond motifs is 1. The van der Waals surface area contributed by atoms with Gasteiger partial charge in [0.25, 0.3) is 5.91 Å². The minimum absolute atomic E-state index is 0.0359. The van der Waals surface area contributed by atoms with Gasteiger partial charge in [0.1, 0.15) is 0 Å². The van der Waals surface area contributed by atoms with Crippen LogP contribution in [0.4, 0.5) is 5.69 Å². The van der Waals surface area contributed by atoms with Gasteiger partial charge in [-0.15, -0.1) is 0 Å². The van der Waals surface area contributed by atoms with Gasteiger partial charge in [-0.2, -0.15) is 0 Å². The van der Waals surface area contributed by atoms with Gasteiger partial charge in [-0.3, -0.25) is 9.52 Å². The SMILES string of the molecule is CCCC(CCC)N1Cc2c(C(=O)O)cc(NS(C)(=O)=O)cc2C1=O. The zero-order valence-corrected chi connectivity index (χ0v) is 15.5. The first-order valence-electron chi connectivity index (χ1n) is 8.36. The first kappa shape index (κ1) is 19.2. The van der Waals surface area contributed by atoms with Crippen LogP contribution in [0.3, 0.4) is 0 Å². The van der Waals surface area contributed by atoms with E-state index in [4.69, 9.17) is 0 Å². The van der Waals surface area contributed by atoms with Gasteiger partial charge in [0.15, 0.2) is 0 Å². The van der Waals surface area contributed by atoms with Gasteiger partial charge in [-0.25, -0.2) is 13.2 Å². The van der Waals surface area contributed by atoms with E-state index in [1.807, 2.05) is 13.8 Å². The monoisotopic (exact) mass is 368 g/mol. The minimum atomic E-state index is -3.57. The largest absolute Gasteiger partial charge is 0.478 e. The number of anilines is 1. The molecule has 1 aliphatic rings. The Bertz CT molecular complexity index is 782. The molecule has 2 N–H and O–H groups in total. The summed E-state index contributed by atoms with van der Waals surface area (Å²) >= 11 is 0. The minimum Gasteiger partial charge on any atom is -0.478 e. The lowest BCUT2D eigenvalue weighted by Gasteiger charge is -2.27. The normalized spacial score (nSPS) is 14.1. The molecule has 1 aromatic carbocycles. The maximum Gasteiger partial charge on any atom is 0.336 e. The second kappa shape index (κ2) is 7.43. The van der Waals surface area contributed by atoms with Crippen LogP contribution in [0.2, 0.25) is 0 Å². The average Bonchev–Trinajstić information content (AvgIpc) is 2.82. The summed E-state index contributed by atoms with van der Waals surface area (Å²) in [6.45, 7) is 4.35. The fourth-order valence-electron chi connectivity index (χ4n) is 3.31. The third kappa shape index (κ3) is 4.31. The summed E-state index contributed by atoms with van der Waals surface area (Å²) in [5.41, 5.74) is 0.777. The van der Waals surface area contributed by atoms with Crippen molar-refractivity contribution in [3.63, 3.8) is 0 Å². The molecule has 2 rings (SSSR count). The number of carbonyl (C=O) groups is 2. The number of nitrogens with one attached hydrogen (secondary N) is 1. The van der Waals surface area contributed by atoms with Crippen molar-refractivity contribution < 1.29 is 23.1 Å². The Hall–Kier alpha value is -2.09. The number of nitrogens with zero attached hydrogens (tertiary/aromatic N) is 1. The van der Waals surface area contributed by atoms with Gasteiger partial charge >= 0.3 is 5.97 Å². The lowest BCUT2D eigenvalue weighted by atomic mass is 10.0. The molecule has 0 atom stereocenters. The number of rotatable bonds is 8. The molecule has 0 saturated carbocycles. The second-order valence-corrected chi connectivity index (χ2v) is 8.14. The molecule has 0 fully saturated rings. The third-order valence-electron chi connectivity index (χ3n) is 4.29. The van der Waals surface area contributed by atoms with E-state index in [1.165, 1.54) is 12.1 Å². The van der Waals surface area contributed by atoms with Crippen LogP contribution in [-0.4, -0.2) is 42.6 Å². The van der Waals surface area contributed by atoms with Crippen molar-refractivity contribution in [3.05, 3.63) is 28.8 Å². The quantitative estimate of drug-likeness (QED) is 0.734. The Morgan fingerprint density at radius 1 is 1.28 bits per heavy atom. The van der Waals surface area contributed by atoms with E-state index in [0.717, 1.165) is 31.9 Å². The number of amides is 1. The molecule has 1 heterocycles. The van der Waals surface area contributed by atoms with E-state index in [9.17, 15) is 23.1 Å². The molecule has 138 valence electrons. The maximum absolute atomic E-state index is 12.8. The smallest absolute Gasteiger partial charge is 0.336 e. The van der Waals surface area contributed by atoms with Crippen molar-refractivity contribution in [2.24, 2.45) is 0 Å². The molecular weight excluding hydrogens is 344 g/mol. The Balaban J connectivity index is 2.47. The Morgan fingerprint density at radius 2 is 1.88 bits per heavy atom. The van der Waals surface area contributed by atoms with Gasteiger partial charge in [-0.05, 0) is 30.5 Å². The first-order chi connectivity index (χ1) is 11.7. The number of carboxylic acid groups (broad SMARTS) is 1. The number of hydrogen-bond donors (Lipinski definition) is 2. The summed E-state index contributed by atoms with van der Waals surface area (Å²) in [6.07, 6.45) is 4.54. The number of aromatic carboxylic acids is 1. The third-order valence-corrected chi connectivity index (χ3v) is 4.89. The van der Waals surface area contributed by atoms with E-state index in [0.29, 0.717) is 5.56 Å². The highest BCUT2D eigenvalue weighted by molar-refractivity contribution is 7.92. The number of hydrogen-bond acceptors (Lipinski definition) is 4. The highest BCUT2D eigenvalue weighted by Gasteiger charge is 2.35. The van der Waals surface area contributed by atoms with Crippen molar-refractivity contribution in [1.29, 1.82) is 0 Å². The van der Waals surface area contributed by atoms with Crippen molar-refractivity contribution in [1.82, 2.24) is 4.90 Å². The molecule has 0 saturated heterocycles. The summed E-state index contributed by atoms with van der Waals surface area (Å²) in [7, 11) is -3.57. The molecule has 0 bridgehead atoms. The van der Waals surface area contributed by atoms with Gasteiger partial charge in [-0.1, -0.05) is 26.7 Å². The number of carboxylic acids is 1. The molecule has 1 amide bonds. The molecule has 25 heavy (non-hydrogen) atoms. The van der Waals surface area contributed by atoms with Gasteiger partial charge in [0.05, 0.1) is 17.5 Å². The second-order valence-electron chi connectivity index (χ2n) is 6.39. The van der Waals surface area contributed by atoms with Gasteiger partial charge in [0.2, 0.25) is 10.0 Å². The summed E-state index contributed by atoms with van der Waals surface area (Å²) in [6, 6.07) is 2.76. The van der Waals surface area contributed by atoms with Gasteiger partial charge in [0, 0.05) is 18.2 Å². The van der Waals surface area contributed by atoms with Crippen LogP contribution < -0.4 is 4.72 Å². The maximum atomic E-state index is 12.8. The predicted octanol–water partition coefficient (Wildman–Crippen LogP) is 2.68. The lowest BCUT2D eigenvalue weighted by Crippen LogP contribution is -2.35. The number of carbonyl (C=O) groups excluding carboxylic acids is 1.